The Kier molecular flexibility index (Phi) is 5.60. The van der Waals surface area contributed by atoms with Crippen LogP contribution in [0.5, 0.6) is 0 Å². The first-order valence-corrected chi connectivity index (χ1v) is 7.93. The summed E-state index contributed by atoms with van der Waals surface area (Å²) in [5.74, 6) is 1.64. The molecule has 0 amide bonds. The molecular weight excluding hydrogens is 324 g/mol. The Balaban J connectivity index is 1.82. The van der Waals surface area contributed by atoms with Crippen molar-refractivity contribution in [3.05, 3.63) is 33.2 Å². The SMILES string of the molecule is CCCNc1cncc(NCCc2ccc(Br)s2)n1. The van der Waals surface area contributed by atoms with Crippen LogP contribution in [0.25, 0.3) is 0 Å². The monoisotopic (exact) mass is 340 g/mol. The van der Waals surface area contributed by atoms with Crippen LogP contribution in [0.4, 0.5) is 11.6 Å². The van der Waals surface area contributed by atoms with Gasteiger partial charge in [0.05, 0.1) is 16.2 Å². The summed E-state index contributed by atoms with van der Waals surface area (Å²) in [6.45, 7) is 3.90. The van der Waals surface area contributed by atoms with E-state index in [1.165, 1.54) is 8.66 Å². The van der Waals surface area contributed by atoms with E-state index in [0.717, 1.165) is 37.6 Å². The Hall–Kier alpha value is -1.14. The van der Waals surface area contributed by atoms with Crippen molar-refractivity contribution in [2.45, 2.75) is 19.8 Å². The Bertz CT molecular complexity index is 515. The molecule has 4 nitrogen and oxygen atoms in total. The molecule has 0 bridgehead atoms. The number of nitrogens with zero attached hydrogens (tertiary/aromatic N) is 2. The molecule has 2 heterocycles. The third-order valence-corrected chi connectivity index (χ3v) is 4.18. The molecule has 0 atom stereocenters. The number of nitrogens with one attached hydrogen (secondary N) is 2. The topological polar surface area (TPSA) is 49.8 Å². The van der Waals surface area contributed by atoms with Crippen molar-refractivity contribution >= 4 is 38.9 Å². The summed E-state index contributed by atoms with van der Waals surface area (Å²) < 4.78 is 1.17. The molecule has 2 aromatic heterocycles. The molecule has 0 aliphatic rings. The zero-order chi connectivity index (χ0) is 13.5. The molecule has 102 valence electrons. The normalized spacial score (nSPS) is 10.4. The molecule has 0 fully saturated rings. The van der Waals surface area contributed by atoms with E-state index in [4.69, 9.17) is 0 Å². The van der Waals surface area contributed by atoms with E-state index in [1.807, 2.05) is 0 Å². The summed E-state index contributed by atoms with van der Waals surface area (Å²) in [7, 11) is 0. The van der Waals surface area contributed by atoms with E-state index in [0.29, 0.717) is 0 Å². The summed E-state index contributed by atoms with van der Waals surface area (Å²) in [5, 5.41) is 6.53. The van der Waals surface area contributed by atoms with Crippen LogP contribution >= 0.6 is 27.3 Å². The summed E-state index contributed by atoms with van der Waals surface area (Å²) in [5.41, 5.74) is 0. The minimum absolute atomic E-state index is 0.816. The van der Waals surface area contributed by atoms with Crippen molar-refractivity contribution in [3.63, 3.8) is 0 Å². The lowest BCUT2D eigenvalue weighted by atomic mass is 10.3. The Labute approximate surface area is 125 Å². The molecule has 2 rings (SSSR count). The first kappa shape index (κ1) is 14.3. The van der Waals surface area contributed by atoms with Crippen molar-refractivity contribution in [2.24, 2.45) is 0 Å². The predicted molar refractivity (Wildman–Crippen MR) is 85.0 cm³/mol. The number of hydrogen-bond donors (Lipinski definition) is 2. The van der Waals surface area contributed by atoms with Crippen molar-refractivity contribution in [1.82, 2.24) is 9.97 Å². The molecule has 2 N–H and O–H groups in total. The highest BCUT2D eigenvalue weighted by Crippen LogP contribution is 2.22. The minimum atomic E-state index is 0.816. The van der Waals surface area contributed by atoms with Crippen LogP contribution < -0.4 is 10.6 Å². The fraction of sp³-hybridized carbons (Fsp3) is 0.385. The van der Waals surface area contributed by atoms with E-state index in [9.17, 15) is 0 Å². The Morgan fingerprint density at radius 3 is 2.53 bits per heavy atom. The maximum absolute atomic E-state index is 4.46. The maximum Gasteiger partial charge on any atom is 0.146 e. The third kappa shape index (κ3) is 4.80. The summed E-state index contributed by atoms with van der Waals surface area (Å²) >= 11 is 5.24. The number of aromatic nitrogens is 2. The van der Waals surface area contributed by atoms with Gasteiger partial charge in [-0.25, -0.2) is 4.98 Å². The second kappa shape index (κ2) is 7.45. The molecule has 0 aliphatic heterocycles. The van der Waals surface area contributed by atoms with E-state index >= 15 is 0 Å². The van der Waals surface area contributed by atoms with Gasteiger partial charge in [-0.15, -0.1) is 11.3 Å². The Morgan fingerprint density at radius 1 is 1.16 bits per heavy atom. The van der Waals surface area contributed by atoms with Gasteiger partial charge >= 0.3 is 0 Å². The van der Waals surface area contributed by atoms with Crippen LogP contribution in [-0.2, 0) is 6.42 Å². The average Bonchev–Trinajstić information content (AvgIpc) is 2.83. The molecular formula is C13H17BrN4S. The maximum atomic E-state index is 4.46. The van der Waals surface area contributed by atoms with Gasteiger partial charge < -0.3 is 10.6 Å². The van der Waals surface area contributed by atoms with Crippen LogP contribution in [0.1, 0.15) is 18.2 Å². The standard InChI is InChI=1S/C13H17BrN4S/c1-2-6-16-12-8-15-9-13(18-12)17-7-5-10-3-4-11(14)19-10/h3-4,8-9H,2,5-7H2,1H3,(H2,16,17,18). The highest BCUT2D eigenvalue weighted by molar-refractivity contribution is 9.11. The van der Waals surface area contributed by atoms with Gasteiger partial charge in [-0.2, -0.15) is 0 Å². The van der Waals surface area contributed by atoms with Gasteiger partial charge in [0, 0.05) is 18.0 Å². The highest BCUT2D eigenvalue weighted by Gasteiger charge is 2.00. The molecule has 0 saturated heterocycles. The van der Waals surface area contributed by atoms with Gasteiger partial charge in [0.15, 0.2) is 0 Å². The van der Waals surface area contributed by atoms with Crippen molar-refractivity contribution in [1.29, 1.82) is 0 Å². The quantitative estimate of drug-likeness (QED) is 0.805. The minimum Gasteiger partial charge on any atom is -0.369 e. The largest absolute Gasteiger partial charge is 0.369 e. The fourth-order valence-corrected chi connectivity index (χ4v) is 3.07. The number of thiophene rings is 1. The first-order chi connectivity index (χ1) is 9.28. The van der Waals surface area contributed by atoms with E-state index < -0.39 is 0 Å². The lowest BCUT2D eigenvalue weighted by molar-refractivity contribution is 0.960. The van der Waals surface area contributed by atoms with Crippen molar-refractivity contribution in [2.75, 3.05) is 23.7 Å². The smallest absolute Gasteiger partial charge is 0.146 e. The third-order valence-electron chi connectivity index (χ3n) is 2.50. The number of hydrogen-bond acceptors (Lipinski definition) is 5. The van der Waals surface area contributed by atoms with Crippen LogP contribution in [0.3, 0.4) is 0 Å². The predicted octanol–water partition coefficient (Wildman–Crippen LogP) is 3.78. The van der Waals surface area contributed by atoms with Crippen LogP contribution in [0.2, 0.25) is 0 Å². The van der Waals surface area contributed by atoms with Crippen LogP contribution in [0.15, 0.2) is 28.3 Å². The number of rotatable bonds is 7. The average molecular weight is 341 g/mol. The van der Waals surface area contributed by atoms with Crippen molar-refractivity contribution in [3.8, 4) is 0 Å². The molecule has 2 aromatic rings. The molecule has 0 unspecified atom stereocenters. The van der Waals surface area contributed by atoms with Crippen LogP contribution in [-0.4, -0.2) is 23.1 Å². The number of anilines is 2. The molecule has 0 aromatic carbocycles. The van der Waals surface area contributed by atoms with E-state index in [-0.39, 0.29) is 0 Å². The van der Waals surface area contributed by atoms with Gasteiger partial charge in [-0.05, 0) is 40.9 Å². The lowest BCUT2D eigenvalue weighted by Crippen LogP contribution is -2.08. The molecule has 0 saturated carbocycles. The summed E-state index contributed by atoms with van der Waals surface area (Å²) in [6.07, 6.45) is 5.57. The lowest BCUT2D eigenvalue weighted by Gasteiger charge is -2.07. The molecule has 19 heavy (non-hydrogen) atoms. The molecule has 0 radical (unpaired) electrons. The zero-order valence-electron chi connectivity index (χ0n) is 10.8. The second-order valence-corrected chi connectivity index (χ2v) is 6.65. The first-order valence-electron chi connectivity index (χ1n) is 6.32. The zero-order valence-corrected chi connectivity index (χ0v) is 13.2. The van der Waals surface area contributed by atoms with Gasteiger partial charge in [0.25, 0.3) is 0 Å². The summed E-state index contributed by atoms with van der Waals surface area (Å²) in [4.78, 5) is 9.99. The second-order valence-electron chi connectivity index (χ2n) is 4.10. The highest BCUT2D eigenvalue weighted by atomic mass is 79.9. The number of halogens is 1. The van der Waals surface area contributed by atoms with E-state index in [2.05, 4.69) is 55.6 Å². The molecule has 6 heteroatoms. The fourth-order valence-electron chi connectivity index (χ4n) is 1.59. The Morgan fingerprint density at radius 2 is 1.89 bits per heavy atom. The summed E-state index contributed by atoms with van der Waals surface area (Å²) in [6, 6.07) is 4.22. The van der Waals surface area contributed by atoms with Crippen LogP contribution in [0, 0.1) is 0 Å². The van der Waals surface area contributed by atoms with Gasteiger partial charge in [-0.1, -0.05) is 6.92 Å². The van der Waals surface area contributed by atoms with Gasteiger partial charge in [0.1, 0.15) is 11.6 Å². The molecule has 0 aliphatic carbocycles. The van der Waals surface area contributed by atoms with Gasteiger partial charge in [-0.3, -0.25) is 4.98 Å². The van der Waals surface area contributed by atoms with E-state index in [1.54, 1.807) is 23.7 Å². The molecule has 0 spiro atoms. The van der Waals surface area contributed by atoms with Crippen molar-refractivity contribution < 1.29 is 0 Å². The van der Waals surface area contributed by atoms with Gasteiger partial charge in [0.2, 0.25) is 0 Å².